The molecule has 1 aliphatic rings. The average Bonchev–Trinajstić information content (AvgIpc) is 2.97. The molecule has 0 unspecified atom stereocenters. The van der Waals surface area contributed by atoms with Crippen molar-refractivity contribution in [3.63, 3.8) is 0 Å². The van der Waals surface area contributed by atoms with Gasteiger partial charge in [0, 0.05) is 18.4 Å². The second-order valence-corrected chi connectivity index (χ2v) is 6.73. The standard InChI is InChI=1S/C21H20ClNO6/c22-15-4-1-2-5-16(15)23-20(25)13-29-21(26)9-7-17(24)14-6-8-18-19(12-14)28-11-3-10-27-18/h1-2,4-6,8,12H,3,7,9-11,13H2,(H,23,25). The summed E-state index contributed by atoms with van der Waals surface area (Å²) in [6.45, 7) is 0.631. The minimum absolute atomic E-state index is 0.0371. The number of hydrogen-bond donors (Lipinski definition) is 1. The van der Waals surface area contributed by atoms with E-state index in [-0.39, 0.29) is 18.6 Å². The molecule has 0 atom stereocenters. The van der Waals surface area contributed by atoms with Gasteiger partial charge in [0.25, 0.3) is 5.91 Å². The number of ether oxygens (including phenoxy) is 3. The van der Waals surface area contributed by atoms with Crippen LogP contribution in [0.1, 0.15) is 29.6 Å². The maximum Gasteiger partial charge on any atom is 0.306 e. The number of hydrogen-bond acceptors (Lipinski definition) is 6. The van der Waals surface area contributed by atoms with Gasteiger partial charge in [0.1, 0.15) is 0 Å². The number of halogens is 1. The first-order valence-corrected chi connectivity index (χ1v) is 9.53. The Kier molecular flexibility index (Phi) is 7.08. The Labute approximate surface area is 172 Å². The maximum absolute atomic E-state index is 12.3. The first-order valence-electron chi connectivity index (χ1n) is 9.16. The van der Waals surface area contributed by atoms with Gasteiger partial charge in [-0.15, -0.1) is 0 Å². The van der Waals surface area contributed by atoms with Crippen LogP contribution in [0, 0.1) is 0 Å². The molecule has 0 aliphatic carbocycles. The van der Waals surface area contributed by atoms with Crippen LogP contribution in [0.2, 0.25) is 5.02 Å². The molecule has 0 aromatic heterocycles. The number of amides is 1. The molecule has 29 heavy (non-hydrogen) atoms. The predicted molar refractivity (Wildman–Crippen MR) is 107 cm³/mol. The molecule has 0 spiro atoms. The summed E-state index contributed by atoms with van der Waals surface area (Å²) >= 11 is 5.95. The predicted octanol–water partition coefficient (Wildman–Crippen LogP) is 3.65. The molecule has 2 aromatic carbocycles. The second-order valence-electron chi connectivity index (χ2n) is 6.32. The number of carbonyl (C=O) groups is 3. The van der Waals surface area contributed by atoms with Crippen molar-refractivity contribution in [2.24, 2.45) is 0 Å². The number of benzene rings is 2. The average molecular weight is 418 g/mol. The molecule has 1 aliphatic heterocycles. The van der Waals surface area contributed by atoms with Crippen LogP contribution < -0.4 is 14.8 Å². The minimum Gasteiger partial charge on any atom is -0.490 e. The summed E-state index contributed by atoms with van der Waals surface area (Å²) in [6.07, 6.45) is 0.602. The highest BCUT2D eigenvalue weighted by Gasteiger charge is 2.16. The van der Waals surface area contributed by atoms with E-state index in [0.29, 0.717) is 41.0 Å². The van der Waals surface area contributed by atoms with Crippen molar-refractivity contribution in [3.8, 4) is 11.5 Å². The van der Waals surface area contributed by atoms with Crippen molar-refractivity contribution in [2.75, 3.05) is 25.1 Å². The van der Waals surface area contributed by atoms with Crippen molar-refractivity contribution < 1.29 is 28.6 Å². The summed E-state index contributed by atoms with van der Waals surface area (Å²) in [5.74, 6) is -0.254. The zero-order chi connectivity index (χ0) is 20.6. The molecule has 1 amide bonds. The summed E-state index contributed by atoms with van der Waals surface area (Å²) < 4.78 is 16.0. The van der Waals surface area contributed by atoms with E-state index in [2.05, 4.69) is 5.32 Å². The SMILES string of the molecule is O=C(COC(=O)CCC(=O)c1ccc2c(c1)OCCCO2)Nc1ccccc1Cl. The molecule has 0 radical (unpaired) electrons. The Hall–Kier alpha value is -3.06. The molecule has 1 heterocycles. The van der Waals surface area contributed by atoms with Crippen LogP contribution in [-0.4, -0.2) is 37.5 Å². The Morgan fingerprint density at radius 1 is 1.00 bits per heavy atom. The summed E-state index contributed by atoms with van der Waals surface area (Å²) in [6, 6.07) is 11.7. The van der Waals surface area contributed by atoms with Crippen molar-refractivity contribution in [1.82, 2.24) is 0 Å². The molecule has 7 nitrogen and oxygen atoms in total. The number of rotatable bonds is 7. The van der Waals surface area contributed by atoms with E-state index in [1.807, 2.05) is 0 Å². The van der Waals surface area contributed by atoms with E-state index in [1.165, 1.54) is 0 Å². The Bertz CT molecular complexity index is 914. The monoisotopic (exact) mass is 417 g/mol. The van der Waals surface area contributed by atoms with Crippen molar-refractivity contribution in [1.29, 1.82) is 0 Å². The Balaban J connectivity index is 1.44. The van der Waals surface area contributed by atoms with E-state index in [4.69, 9.17) is 25.8 Å². The number of esters is 1. The number of Topliss-reactive ketones (excluding diaryl/α,β-unsaturated/α-hetero) is 1. The molecule has 3 rings (SSSR count). The largest absolute Gasteiger partial charge is 0.490 e. The van der Waals surface area contributed by atoms with Gasteiger partial charge in [-0.3, -0.25) is 14.4 Å². The maximum atomic E-state index is 12.3. The van der Waals surface area contributed by atoms with E-state index < -0.39 is 18.5 Å². The Morgan fingerprint density at radius 3 is 2.55 bits per heavy atom. The van der Waals surface area contributed by atoms with Crippen molar-refractivity contribution >= 4 is 34.9 Å². The van der Waals surface area contributed by atoms with Crippen LogP contribution in [0.25, 0.3) is 0 Å². The molecule has 0 fully saturated rings. The fourth-order valence-corrected chi connectivity index (χ4v) is 2.85. The lowest BCUT2D eigenvalue weighted by Crippen LogP contribution is -2.21. The number of para-hydroxylation sites is 1. The second kappa shape index (κ2) is 9.93. The van der Waals surface area contributed by atoms with Crippen LogP contribution in [0.4, 0.5) is 5.69 Å². The molecule has 2 aromatic rings. The molecule has 8 heteroatoms. The first-order chi connectivity index (χ1) is 14.0. The van der Waals surface area contributed by atoms with Gasteiger partial charge >= 0.3 is 5.97 Å². The van der Waals surface area contributed by atoms with Gasteiger partial charge in [-0.1, -0.05) is 23.7 Å². The summed E-state index contributed by atoms with van der Waals surface area (Å²) in [5.41, 5.74) is 0.860. The highest BCUT2D eigenvalue weighted by atomic mass is 35.5. The number of anilines is 1. The highest BCUT2D eigenvalue weighted by Crippen LogP contribution is 2.30. The van der Waals surface area contributed by atoms with Gasteiger partial charge < -0.3 is 19.5 Å². The molecule has 0 saturated heterocycles. The molecule has 0 saturated carbocycles. The fraction of sp³-hybridized carbons (Fsp3) is 0.286. The zero-order valence-electron chi connectivity index (χ0n) is 15.6. The number of carbonyl (C=O) groups excluding carboxylic acids is 3. The topological polar surface area (TPSA) is 90.9 Å². The third kappa shape index (κ3) is 5.96. The number of nitrogens with one attached hydrogen (secondary N) is 1. The van der Waals surface area contributed by atoms with E-state index in [9.17, 15) is 14.4 Å². The van der Waals surface area contributed by atoms with Gasteiger partial charge in [-0.25, -0.2) is 0 Å². The van der Waals surface area contributed by atoms with Gasteiger partial charge in [0.05, 0.1) is 30.3 Å². The first kappa shape index (κ1) is 20.7. The molecule has 152 valence electrons. The summed E-state index contributed by atoms with van der Waals surface area (Å²) in [4.78, 5) is 36.0. The van der Waals surface area contributed by atoms with Gasteiger partial charge in [0.15, 0.2) is 23.9 Å². The zero-order valence-corrected chi connectivity index (χ0v) is 16.4. The van der Waals surface area contributed by atoms with Crippen LogP contribution in [-0.2, 0) is 14.3 Å². The van der Waals surface area contributed by atoms with Crippen LogP contribution in [0.5, 0.6) is 11.5 Å². The van der Waals surface area contributed by atoms with E-state index in [0.717, 1.165) is 6.42 Å². The lowest BCUT2D eigenvalue weighted by molar-refractivity contribution is -0.147. The van der Waals surface area contributed by atoms with Crippen molar-refractivity contribution in [3.05, 3.63) is 53.1 Å². The fourth-order valence-electron chi connectivity index (χ4n) is 2.66. The number of ketones is 1. The van der Waals surface area contributed by atoms with Gasteiger partial charge in [0.2, 0.25) is 0 Å². The highest BCUT2D eigenvalue weighted by molar-refractivity contribution is 6.33. The van der Waals surface area contributed by atoms with Crippen LogP contribution in [0.3, 0.4) is 0 Å². The summed E-state index contributed by atoms with van der Waals surface area (Å²) in [7, 11) is 0. The smallest absolute Gasteiger partial charge is 0.306 e. The Morgan fingerprint density at radius 2 is 1.76 bits per heavy atom. The summed E-state index contributed by atoms with van der Waals surface area (Å²) in [5, 5.41) is 2.93. The molecular formula is C21H20ClNO6. The minimum atomic E-state index is -0.637. The quantitative estimate of drug-likeness (QED) is 0.546. The molecular weight excluding hydrogens is 398 g/mol. The third-order valence-corrected chi connectivity index (χ3v) is 4.47. The molecule has 1 N–H and O–H groups in total. The lowest BCUT2D eigenvalue weighted by atomic mass is 10.1. The van der Waals surface area contributed by atoms with E-state index >= 15 is 0 Å². The normalized spacial score (nSPS) is 12.6. The van der Waals surface area contributed by atoms with Crippen molar-refractivity contribution in [2.45, 2.75) is 19.3 Å². The molecule has 0 bridgehead atoms. The number of fused-ring (bicyclic) bond motifs is 1. The third-order valence-electron chi connectivity index (χ3n) is 4.14. The van der Waals surface area contributed by atoms with Gasteiger partial charge in [-0.05, 0) is 30.3 Å². The lowest BCUT2D eigenvalue weighted by Gasteiger charge is -2.09. The van der Waals surface area contributed by atoms with E-state index in [1.54, 1.807) is 42.5 Å². The van der Waals surface area contributed by atoms with Crippen LogP contribution in [0.15, 0.2) is 42.5 Å². The van der Waals surface area contributed by atoms with Gasteiger partial charge in [-0.2, -0.15) is 0 Å². The van der Waals surface area contributed by atoms with Crippen LogP contribution >= 0.6 is 11.6 Å².